The van der Waals surface area contributed by atoms with Crippen molar-refractivity contribution in [3.63, 3.8) is 0 Å². The van der Waals surface area contributed by atoms with Gasteiger partial charge in [-0.05, 0) is 35.4 Å². The fraction of sp³-hybridized carbons (Fsp3) is 0.111. The summed E-state index contributed by atoms with van der Waals surface area (Å²) < 4.78 is 9.72. The van der Waals surface area contributed by atoms with Crippen molar-refractivity contribution in [1.29, 1.82) is 0 Å². The van der Waals surface area contributed by atoms with Gasteiger partial charge in [-0.25, -0.2) is 9.59 Å². The van der Waals surface area contributed by atoms with E-state index in [9.17, 15) is 9.59 Å². The van der Waals surface area contributed by atoms with Gasteiger partial charge in [0.15, 0.2) is 0 Å². The first-order valence-corrected chi connectivity index (χ1v) is 9.45. The molecule has 1 amide bonds. The Bertz CT molecular complexity index is 730. The molecule has 5 nitrogen and oxygen atoms in total. The fourth-order valence-corrected chi connectivity index (χ4v) is 3.68. The summed E-state index contributed by atoms with van der Waals surface area (Å²) in [5.41, 5.74) is 6.74. The third kappa shape index (κ3) is 6.94. The molecule has 2 aromatic rings. The molecular weight excluding hydrogens is 358 g/mol. The molecular formula is C18H17NO4S2. The lowest BCUT2D eigenvalue weighted by Crippen LogP contribution is -2.12. The summed E-state index contributed by atoms with van der Waals surface area (Å²) in [5.74, 6) is -0.432. The first-order chi connectivity index (χ1) is 12.1. The van der Waals surface area contributed by atoms with Gasteiger partial charge in [-0.3, -0.25) is 0 Å². The number of nitrogens with two attached hydrogens (primary N) is 1. The highest BCUT2D eigenvalue weighted by molar-refractivity contribution is 8.76. The van der Waals surface area contributed by atoms with E-state index >= 15 is 0 Å². The van der Waals surface area contributed by atoms with Gasteiger partial charge in [0.05, 0.1) is 0 Å². The molecule has 2 N–H and O–H groups in total. The highest BCUT2D eigenvalue weighted by Crippen LogP contribution is 2.37. The number of carbonyl (C=O) groups excluding carboxylic acids is 2. The van der Waals surface area contributed by atoms with E-state index in [-0.39, 0.29) is 13.2 Å². The predicted molar refractivity (Wildman–Crippen MR) is 99.0 cm³/mol. The van der Waals surface area contributed by atoms with Gasteiger partial charge in [-0.1, -0.05) is 52.4 Å². The van der Waals surface area contributed by atoms with Crippen molar-refractivity contribution in [1.82, 2.24) is 0 Å². The van der Waals surface area contributed by atoms with E-state index in [1.165, 1.54) is 0 Å². The average molecular weight is 375 g/mol. The number of esters is 1. The minimum atomic E-state index is -0.781. The molecule has 7 heteroatoms. The van der Waals surface area contributed by atoms with E-state index in [1.54, 1.807) is 21.6 Å². The predicted octanol–water partition coefficient (Wildman–Crippen LogP) is 4.31. The Morgan fingerprint density at radius 3 is 1.72 bits per heavy atom. The quantitative estimate of drug-likeness (QED) is 0.421. The zero-order valence-corrected chi connectivity index (χ0v) is 15.0. The van der Waals surface area contributed by atoms with Crippen LogP contribution >= 0.6 is 21.6 Å². The van der Waals surface area contributed by atoms with E-state index in [0.29, 0.717) is 0 Å². The lowest BCUT2D eigenvalue weighted by molar-refractivity contribution is -0.138. The van der Waals surface area contributed by atoms with Crippen molar-refractivity contribution in [2.24, 2.45) is 5.73 Å². The molecule has 0 spiro atoms. The molecule has 0 saturated heterocycles. The molecule has 0 aliphatic rings. The number of rotatable bonds is 8. The van der Waals surface area contributed by atoms with Gasteiger partial charge in [0.2, 0.25) is 0 Å². The Morgan fingerprint density at radius 2 is 1.32 bits per heavy atom. The molecule has 0 aliphatic heterocycles. The van der Waals surface area contributed by atoms with Crippen LogP contribution in [0.4, 0.5) is 4.79 Å². The topological polar surface area (TPSA) is 78.6 Å². The van der Waals surface area contributed by atoms with Crippen LogP contribution in [0.15, 0.2) is 71.0 Å². The SMILES string of the molecule is C=CC(=O)OCc1ccc(SSc2ccc(COC(N)=O)cc2)cc1. The fourth-order valence-electron chi connectivity index (χ4n) is 1.75. The molecule has 2 rings (SSSR count). The Kier molecular flexibility index (Phi) is 7.43. The maximum atomic E-state index is 11.0. The second-order valence-corrected chi connectivity index (χ2v) is 7.15. The summed E-state index contributed by atoms with van der Waals surface area (Å²) >= 11 is 0. The Labute approximate surface area is 154 Å². The molecule has 0 aliphatic carbocycles. The van der Waals surface area contributed by atoms with Gasteiger partial charge in [-0.2, -0.15) is 0 Å². The molecule has 0 bridgehead atoms. The Balaban J connectivity index is 1.81. The molecule has 0 unspecified atom stereocenters. The number of ether oxygens (including phenoxy) is 2. The van der Waals surface area contributed by atoms with Crippen LogP contribution in [-0.2, 0) is 27.5 Å². The smallest absolute Gasteiger partial charge is 0.404 e. The highest BCUT2D eigenvalue weighted by Gasteiger charge is 2.02. The van der Waals surface area contributed by atoms with Crippen molar-refractivity contribution in [3.8, 4) is 0 Å². The van der Waals surface area contributed by atoms with Crippen molar-refractivity contribution in [2.75, 3.05) is 0 Å². The van der Waals surface area contributed by atoms with Gasteiger partial charge in [0, 0.05) is 15.9 Å². The second kappa shape index (κ2) is 9.80. The molecule has 0 radical (unpaired) electrons. The van der Waals surface area contributed by atoms with Crippen LogP contribution in [0.2, 0.25) is 0 Å². The van der Waals surface area contributed by atoms with Crippen molar-refractivity contribution in [3.05, 3.63) is 72.3 Å². The van der Waals surface area contributed by atoms with Crippen LogP contribution < -0.4 is 5.73 Å². The first kappa shape index (κ1) is 19.0. The van der Waals surface area contributed by atoms with Gasteiger partial charge in [0.1, 0.15) is 13.2 Å². The van der Waals surface area contributed by atoms with E-state index in [1.807, 2.05) is 48.5 Å². The number of amides is 1. The first-order valence-electron chi connectivity index (χ1n) is 7.30. The summed E-state index contributed by atoms with van der Waals surface area (Å²) in [5, 5.41) is 0. The summed E-state index contributed by atoms with van der Waals surface area (Å²) in [6.45, 7) is 3.76. The van der Waals surface area contributed by atoms with Gasteiger partial charge >= 0.3 is 12.1 Å². The zero-order valence-electron chi connectivity index (χ0n) is 13.3. The van der Waals surface area contributed by atoms with E-state index < -0.39 is 12.1 Å². The van der Waals surface area contributed by atoms with Crippen LogP contribution in [0, 0.1) is 0 Å². The van der Waals surface area contributed by atoms with E-state index in [4.69, 9.17) is 15.2 Å². The third-order valence-corrected chi connectivity index (χ3v) is 5.43. The van der Waals surface area contributed by atoms with Crippen LogP contribution in [0.3, 0.4) is 0 Å². The standard InChI is InChI=1S/C18H17NO4S2/c1-2-17(20)22-11-13-3-7-15(8-4-13)24-25-16-9-5-14(6-10-16)12-23-18(19)21/h2-10H,1,11-12H2,(H2,19,21). The normalized spacial score (nSPS) is 10.1. The molecule has 0 saturated carbocycles. The molecule has 130 valence electrons. The summed E-state index contributed by atoms with van der Waals surface area (Å²) in [6, 6.07) is 15.5. The van der Waals surface area contributed by atoms with E-state index in [2.05, 4.69) is 6.58 Å². The van der Waals surface area contributed by atoms with Crippen LogP contribution in [0.5, 0.6) is 0 Å². The van der Waals surface area contributed by atoms with Crippen LogP contribution in [0.25, 0.3) is 0 Å². The van der Waals surface area contributed by atoms with Crippen molar-refractivity contribution >= 4 is 33.7 Å². The van der Waals surface area contributed by atoms with Gasteiger partial charge in [0.25, 0.3) is 0 Å². The van der Waals surface area contributed by atoms with E-state index in [0.717, 1.165) is 27.0 Å². The summed E-state index contributed by atoms with van der Waals surface area (Å²) in [6.07, 6.45) is 0.364. The van der Waals surface area contributed by atoms with Crippen molar-refractivity contribution < 1.29 is 19.1 Å². The minimum absolute atomic E-state index is 0.172. The molecule has 0 heterocycles. The number of hydrogen-bond acceptors (Lipinski definition) is 6. The average Bonchev–Trinajstić information content (AvgIpc) is 2.64. The summed E-state index contributed by atoms with van der Waals surface area (Å²) in [7, 11) is 3.24. The molecule has 0 fully saturated rings. The molecule has 2 aromatic carbocycles. The lowest BCUT2D eigenvalue weighted by atomic mass is 10.2. The molecule has 0 aromatic heterocycles. The number of primary amides is 1. The maximum Gasteiger partial charge on any atom is 0.404 e. The molecule has 0 atom stereocenters. The minimum Gasteiger partial charge on any atom is -0.458 e. The van der Waals surface area contributed by atoms with Crippen molar-refractivity contribution in [2.45, 2.75) is 23.0 Å². The van der Waals surface area contributed by atoms with Gasteiger partial charge < -0.3 is 15.2 Å². The lowest BCUT2D eigenvalue weighted by Gasteiger charge is -2.05. The van der Waals surface area contributed by atoms with Crippen LogP contribution in [0.1, 0.15) is 11.1 Å². The molecule has 25 heavy (non-hydrogen) atoms. The zero-order chi connectivity index (χ0) is 18.1. The Hall–Kier alpha value is -2.38. The van der Waals surface area contributed by atoms with Gasteiger partial charge in [-0.15, -0.1) is 0 Å². The maximum absolute atomic E-state index is 11.0. The van der Waals surface area contributed by atoms with Crippen LogP contribution in [-0.4, -0.2) is 12.1 Å². The second-order valence-electron chi connectivity index (χ2n) is 4.87. The largest absolute Gasteiger partial charge is 0.458 e. The summed E-state index contributed by atoms with van der Waals surface area (Å²) in [4.78, 5) is 23.8. The monoisotopic (exact) mass is 375 g/mol. The number of benzene rings is 2. The number of hydrogen-bond donors (Lipinski definition) is 1. The Morgan fingerprint density at radius 1 is 0.880 bits per heavy atom. The number of carbonyl (C=O) groups is 2. The third-order valence-electron chi connectivity index (χ3n) is 3.01. The highest BCUT2D eigenvalue weighted by atomic mass is 33.1.